The lowest BCUT2D eigenvalue weighted by Crippen LogP contribution is -2.55. The Bertz CT molecular complexity index is 453. The zero-order valence-corrected chi connectivity index (χ0v) is 15.2. The molecule has 2 bridgehead atoms. The lowest BCUT2D eigenvalue weighted by atomic mass is 9.84. The fraction of sp³-hybridized carbons (Fsp3) is 0.750. The number of hydrogen-bond donors (Lipinski definition) is 2. The van der Waals surface area contributed by atoms with Gasteiger partial charge in [0.1, 0.15) is 0 Å². The van der Waals surface area contributed by atoms with E-state index in [0.29, 0.717) is 6.42 Å². The Hall–Kier alpha value is -1.17. The second-order valence-electron chi connectivity index (χ2n) is 7.05. The number of aliphatic hydroxyl groups excluding tert-OH is 1. The average Bonchev–Trinajstić information content (AvgIpc) is 2.55. The minimum absolute atomic E-state index is 0.0120. The van der Waals surface area contributed by atoms with Gasteiger partial charge in [-0.25, -0.2) is 0 Å². The molecule has 3 aliphatic heterocycles. The van der Waals surface area contributed by atoms with E-state index in [-0.39, 0.29) is 30.8 Å². The second kappa shape index (κ2) is 10.7. The summed E-state index contributed by atoms with van der Waals surface area (Å²) in [6, 6.07) is 0. The van der Waals surface area contributed by atoms with Crippen molar-refractivity contribution in [1.29, 1.82) is 0 Å². The van der Waals surface area contributed by atoms with Gasteiger partial charge in [-0.2, -0.15) is 0 Å². The van der Waals surface area contributed by atoms with Crippen LogP contribution in [0.5, 0.6) is 0 Å². The Balaban J connectivity index is 1.76. The summed E-state index contributed by atoms with van der Waals surface area (Å²) in [6.45, 7) is 2.16. The third-order valence-corrected chi connectivity index (χ3v) is 4.92. The average molecular weight is 352 g/mol. The topological polar surface area (TPSA) is 76.0 Å². The van der Waals surface area contributed by atoms with Gasteiger partial charge in [-0.3, -0.25) is 4.79 Å². The molecule has 5 nitrogen and oxygen atoms in total. The predicted octanol–water partition coefficient (Wildman–Crippen LogP) is 3.82. The summed E-state index contributed by atoms with van der Waals surface area (Å²) in [7, 11) is 0. The zero-order chi connectivity index (χ0) is 18.1. The van der Waals surface area contributed by atoms with Gasteiger partial charge in [0, 0.05) is 18.8 Å². The Labute approximate surface area is 150 Å². The van der Waals surface area contributed by atoms with Crippen molar-refractivity contribution < 1.29 is 24.5 Å². The van der Waals surface area contributed by atoms with Crippen molar-refractivity contribution in [3.8, 4) is 0 Å². The monoisotopic (exact) mass is 352 g/mol. The number of aliphatic carboxylic acids is 1. The molecule has 0 aromatic heterocycles. The fourth-order valence-corrected chi connectivity index (χ4v) is 3.38. The Kier molecular flexibility index (Phi) is 8.65. The maximum Gasteiger partial charge on any atom is 0.303 e. The van der Waals surface area contributed by atoms with Crippen LogP contribution in [0.1, 0.15) is 64.7 Å². The number of aliphatic hydroxyl groups is 1. The quantitative estimate of drug-likeness (QED) is 0.412. The third kappa shape index (κ3) is 6.92. The minimum atomic E-state index is -0.745. The van der Waals surface area contributed by atoms with Crippen molar-refractivity contribution in [2.45, 2.75) is 89.3 Å². The number of hydrogen-bond acceptors (Lipinski definition) is 4. The first-order valence-corrected chi connectivity index (χ1v) is 9.64. The van der Waals surface area contributed by atoms with Crippen LogP contribution < -0.4 is 0 Å². The van der Waals surface area contributed by atoms with Crippen LogP contribution in [0, 0.1) is 5.92 Å². The van der Waals surface area contributed by atoms with Crippen molar-refractivity contribution in [3.63, 3.8) is 0 Å². The van der Waals surface area contributed by atoms with Crippen molar-refractivity contribution in [1.82, 2.24) is 0 Å². The first-order valence-electron chi connectivity index (χ1n) is 9.64. The van der Waals surface area contributed by atoms with Gasteiger partial charge >= 0.3 is 5.97 Å². The SMILES string of the molecule is CCCCC[C@H](O)/C=C/[C@H]1OC2CC(O2)[C@@H]1C/C=C\CCCC(=O)O. The van der Waals surface area contributed by atoms with Crippen LogP contribution in [0.3, 0.4) is 0 Å². The summed E-state index contributed by atoms with van der Waals surface area (Å²) >= 11 is 0. The van der Waals surface area contributed by atoms with Gasteiger partial charge in [0.15, 0.2) is 6.29 Å². The molecule has 3 fully saturated rings. The second-order valence-corrected chi connectivity index (χ2v) is 7.05. The highest BCUT2D eigenvalue weighted by molar-refractivity contribution is 5.66. The van der Waals surface area contributed by atoms with E-state index in [1.807, 2.05) is 18.2 Å². The van der Waals surface area contributed by atoms with Crippen LogP contribution in [0.25, 0.3) is 0 Å². The zero-order valence-electron chi connectivity index (χ0n) is 15.2. The van der Waals surface area contributed by atoms with E-state index in [9.17, 15) is 9.90 Å². The van der Waals surface area contributed by atoms with Gasteiger partial charge in [-0.05, 0) is 25.7 Å². The molecule has 142 valence electrons. The summed E-state index contributed by atoms with van der Waals surface area (Å²) in [5, 5.41) is 18.7. The Morgan fingerprint density at radius 2 is 2.04 bits per heavy atom. The Morgan fingerprint density at radius 3 is 2.76 bits per heavy atom. The van der Waals surface area contributed by atoms with Crippen LogP contribution >= 0.6 is 0 Å². The molecule has 0 saturated carbocycles. The molecule has 5 atom stereocenters. The molecular formula is C20H32O5. The molecule has 0 amide bonds. The first kappa shape index (κ1) is 20.1. The van der Waals surface area contributed by atoms with Crippen LogP contribution in [0.4, 0.5) is 0 Å². The number of unbranched alkanes of at least 4 members (excludes halogenated alkanes) is 3. The van der Waals surface area contributed by atoms with Crippen molar-refractivity contribution in [2.75, 3.05) is 0 Å². The molecule has 0 aliphatic carbocycles. The maximum absolute atomic E-state index is 10.5. The van der Waals surface area contributed by atoms with Gasteiger partial charge in [-0.15, -0.1) is 0 Å². The van der Waals surface area contributed by atoms with Gasteiger partial charge in [0.2, 0.25) is 0 Å². The van der Waals surface area contributed by atoms with Crippen molar-refractivity contribution >= 4 is 5.97 Å². The number of carboxylic acid groups (broad SMARTS) is 1. The van der Waals surface area contributed by atoms with Crippen LogP contribution in [-0.2, 0) is 14.3 Å². The highest BCUT2D eigenvalue weighted by atomic mass is 16.7. The standard InChI is InChI=1S/C20H32O5/c1-2-3-6-9-15(21)12-13-17-16(18-14-20(24-17)25-18)10-7-4-5-8-11-19(22)23/h4,7,12-13,15-18,20-21H,2-3,5-6,8-11,14H2,1H3,(H,22,23)/b7-4-,13-12+/t15-,16+,17+,18?,20?/m0/s1. The first-order chi connectivity index (χ1) is 12.1. The number of carboxylic acids is 1. The molecule has 3 rings (SSSR count). The molecule has 25 heavy (non-hydrogen) atoms. The number of fused-ring (bicyclic) bond motifs is 2. The minimum Gasteiger partial charge on any atom is -0.481 e. The molecule has 0 radical (unpaired) electrons. The summed E-state index contributed by atoms with van der Waals surface area (Å²) < 4.78 is 11.6. The molecule has 2 unspecified atom stereocenters. The number of ether oxygens (including phenoxy) is 2. The van der Waals surface area contributed by atoms with E-state index in [2.05, 4.69) is 13.0 Å². The van der Waals surface area contributed by atoms with Crippen LogP contribution in [0.15, 0.2) is 24.3 Å². The third-order valence-electron chi connectivity index (χ3n) is 4.92. The summed E-state index contributed by atoms with van der Waals surface area (Å²) in [5.41, 5.74) is 0. The normalized spacial score (nSPS) is 29.8. The molecule has 3 heterocycles. The smallest absolute Gasteiger partial charge is 0.303 e. The molecule has 0 aromatic carbocycles. The molecule has 5 heteroatoms. The highest BCUT2D eigenvalue weighted by Gasteiger charge is 2.46. The summed E-state index contributed by atoms with van der Waals surface area (Å²) in [6.07, 6.45) is 15.4. The number of rotatable bonds is 12. The van der Waals surface area contributed by atoms with E-state index in [1.165, 1.54) is 0 Å². The molecule has 3 saturated heterocycles. The van der Waals surface area contributed by atoms with Crippen LogP contribution in [-0.4, -0.2) is 40.8 Å². The lowest BCUT2D eigenvalue weighted by Gasteiger charge is -2.49. The fourth-order valence-electron chi connectivity index (χ4n) is 3.38. The Morgan fingerprint density at radius 1 is 1.24 bits per heavy atom. The van der Waals surface area contributed by atoms with E-state index in [0.717, 1.165) is 44.9 Å². The van der Waals surface area contributed by atoms with Crippen molar-refractivity contribution in [2.24, 2.45) is 5.92 Å². The van der Waals surface area contributed by atoms with E-state index in [4.69, 9.17) is 14.6 Å². The highest BCUT2D eigenvalue weighted by Crippen LogP contribution is 2.40. The summed E-state index contributed by atoms with van der Waals surface area (Å²) in [5.74, 6) is -0.481. The molecule has 2 N–H and O–H groups in total. The van der Waals surface area contributed by atoms with Crippen LogP contribution in [0.2, 0.25) is 0 Å². The maximum atomic E-state index is 10.5. The summed E-state index contributed by atoms with van der Waals surface area (Å²) in [4.78, 5) is 10.5. The van der Waals surface area contributed by atoms with Gasteiger partial charge in [0.05, 0.1) is 18.3 Å². The number of carbonyl (C=O) groups is 1. The van der Waals surface area contributed by atoms with E-state index >= 15 is 0 Å². The molecular weight excluding hydrogens is 320 g/mol. The largest absolute Gasteiger partial charge is 0.481 e. The van der Waals surface area contributed by atoms with Gasteiger partial charge in [-0.1, -0.05) is 50.5 Å². The van der Waals surface area contributed by atoms with E-state index < -0.39 is 12.1 Å². The lowest BCUT2D eigenvalue weighted by molar-refractivity contribution is -0.337. The molecule has 0 spiro atoms. The number of allylic oxidation sites excluding steroid dienone is 2. The van der Waals surface area contributed by atoms with Gasteiger partial charge in [0.25, 0.3) is 0 Å². The van der Waals surface area contributed by atoms with Crippen molar-refractivity contribution in [3.05, 3.63) is 24.3 Å². The molecule has 3 aliphatic rings. The predicted molar refractivity (Wildman–Crippen MR) is 96.2 cm³/mol. The van der Waals surface area contributed by atoms with E-state index in [1.54, 1.807) is 0 Å². The van der Waals surface area contributed by atoms with Gasteiger partial charge < -0.3 is 19.7 Å². The molecule has 0 aromatic rings.